The van der Waals surface area contributed by atoms with E-state index in [0.717, 1.165) is 0 Å². The largest absolute Gasteiger partial charge is 0.506 e. The third-order valence-corrected chi connectivity index (χ3v) is 1.24. The van der Waals surface area contributed by atoms with Crippen LogP contribution >= 0.6 is 25.3 Å². The molecule has 0 aromatic rings. The molecule has 21 heavy (non-hydrogen) atoms. The molecular formula is C10H20O9S2. The number of carboxylic acids is 2. The van der Waals surface area contributed by atoms with Crippen molar-refractivity contribution >= 4 is 43.4 Å². The maximum atomic E-state index is 9.49. The molecule has 0 radical (unpaired) electrons. The van der Waals surface area contributed by atoms with E-state index in [-0.39, 0.29) is 31.3 Å². The Labute approximate surface area is 132 Å². The highest BCUT2D eigenvalue weighted by Crippen LogP contribution is 1.73. The van der Waals surface area contributed by atoms with E-state index in [1.165, 1.54) is 6.08 Å². The van der Waals surface area contributed by atoms with Crippen LogP contribution in [0.5, 0.6) is 0 Å². The highest BCUT2D eigenvalue weighted by molar-refractivity contribution is 7.81. The molecule has 0 amide bonds. The lowest BCUT2D eigenvalue weighted by Crippen LogP contribution is -1.98. The fourth-order valence-electron chi connectivity index (χ4n) is 0.130. The molecule has 11 heteroatoms. The molecule has 0 aromatic heterocycles. The van der Waals surface area contributed by atoms with Crippen molar-refractivity contribution in [1.29, 1.82) is 0 Å². The number of aliphatic carboxylic acids is 2. The van der Waals surface area contributed by atoms with Crippen LogP contribution in [0.2, 0.25) is 0 Å². The highest BCUT2D eigenvalue weighted by atomic mass is 32.1. The summed E-state index contributed by atoms with van der Waals surface area (Å²) in [5, 5.41) is 38.3. The summed E-state index contributed by atoms with van der Waals surface area (Å²) in [6.45, 7) is 3.06. The first kappa shape index (κ1) is 27.8. The highest BCUT2D eigenvalue weighted by Gasteiger charge is 1.88. The van der Waals surface area contributed by atoms with Gasteiger partial charge in [0.25, 0.3) is 0 Å². The minimum absolute atomic E-state index is 0.0648. The van der Waals surface area contributed by atoms with Gasteiger partial charge >= 0.3 is 18.1 Å². The minimum atomic E-state index is -1.26. The third kappa shape index (κ3) is 89.0. The zero-order chi connectivity index (χ0) is 17.7. The third-order valence-electron chi connectivity index (χ3n) is 0.695. The van der Waals surface area contributed by atoms with Gasteiger partial charge in [-0.15, -0.1) is 0 Å². The Morgan fingerprint density at radius 3 is 1.29 bits per heavy atom. The number of thiol groups is 2. The molecule has 0 saturated carbocycles. The van der Waals surface area contributed by atoms with Gasteiger partial charge in [-0.05, 0) is 0 Å². The summed E-state index contributed by atoms with van der Waals surface area (Å²) in [6, 6.07) is 0. The predicted molar refractivity (Wildman–Crippen MR) is 81.3 cm³/mol. The van der Waals surface area contributed by atoms with Crippen molar-refractivity contribution in [1.82, 2.24) is 0 Å². The smallest absolute Gasteiger partial charge is 0.481 e. The first-order valence-electron chi connectivity index (χ1n) is 5.06. The molecule has 0 unspecified atom stereocenters. The van der Waals surface area contributed by atoms with Crippen molar-refractivity contribution in [3.8, 4) is 0 Å². The number of ether oxygens (including phenoxy) is 1. The van der Waals surface area contributed by atoms with Crippen molar-refractivity contribution in [3.63, 3.8) is 0 Å². The van der Waals surface area contributed by atoms with Gasteiger partial charge in [0.1, 0.15) is 6.61 Å². The Morgan fingerprint density at radius 2 is 1.24 bits per heavy atom. The van der Waals surface area contributed by atoms with E-state index >= 15 is 0 Å². The Kier molecular flexibility index (Phi) is 35.8. The van der Waals surface area contributed by atoms with Crippen LogP contribution in [0.25, 0.3) is 0 Å². The maximum Gasteiger partial charge on any atom is 0.506 e. The molecule has 0 aliphatic carbocycles. The zero-order valence-corrected chi connectivity index (χ0v) is 12.9. The Hall–Kier alpha value is -1.43. The molecule has 0 rings (SSSR count). The molecule has 9 nitrogen and oxygen atoms in total. The molecule has 0 heterocycles. The molecule has 0 bridgehead atoms. The second-order valence-corrected chi connectivity index (χ2v) is 3.05. The van der Waals surface area contributed by atoms with Crippen LogP contribution < -0.4 is 0 Å². The van der Waals surface area contributed by atoms with Gasteiger partial charge in [0, 0.05) is 0 Å². The van der Waals surface area contributed by atoms with Crippen LogP contribution in [0, 0.1) is 0 Å². The van der Waals surface area contributed by atoms with E-state index in [4.69, 9.17) is 25.5 Å². The van der Waals surface area contributed by atoms with E-state index in [1.54, 1.807) is 0 Å². The van der Waals surface area contributed by atoms with Crippen molar-refractivity contribution in [2.45, 2.75) is 0 Å². The van der Waals surface area contributed by atoms with E-state index in [1.807, 2.05) is 0 Å². The van der Waals surface area contributed by atoms with E-state index in [0.29, 0.717) is 0 Å². The van der Waals surface area contributed by atoms with Crippen molar-refractivity contribution < 1.29 is 44.7 Å². The lowest BCUT2D eigenvalue weighted by molar-refractivity contribution is -0.134. The average molecular weight is 348 g/mol. The standard InChI is InChI=1S/C4H6O3.2C2H4O2S.C2H6O2/c1-2-3-7-4(5)6;2*3-2(4)1-5;3-1-2-4/h2H,1,3H2,(H,5,6);2*5H,1H2,(H,3,4);3-4H,1-2H2. The van der Waals surface area contributed by atoms with Crippen LogP contribution in [-0.2, 0) is 14.3 Å². The molecule has 126 valence electrons. The molecule has 0 saturated heterocycles. The fourth-order valence-corrected chi connectivity index (χ4v) is 0.130. The Morgan fingerprint density at radius 1 is 0.952 bits per heavy atom. The lowest BCUT2D eigenvalue weighted by atomic mass is 10.7. The molecule has 0 spiro atoms. The van der Waals surface area contributed by atoms with Crippen LogP contribution in [0.4, 0.5) is 4.79 Å². The van der Waals surface area contributed by atoms with Gasteiger partial charge in [-0.25, -0.2) is 4.79 Å². The van der Waals surface area contributed by atoms with Gasteiger partial charge in [-0.3, -0.25) is 9.59 Å². The van der Waals surface area contributed by atoms with Crippen molar-refractivity contribution in [2.24, 2.45) is 0 Å². The number of carboxylic acid groups (broad SMARTS) is 3. The maximum absolute atomic E-state index is 9.49. The van der Waals surface area contributed by atoms with Crippen LogP contribution in [0.15, 0.2) is 12.7 Å². The molecule has 5 N–H and O–H groups in total. The molecule has 0 aliphatic heterocycles. The summed E-state index contributed by atoms with van der Waals surface area (Å²) < 4.78 is 3.99. The van der Waals surface area contributed by atoms with Crippen LogP contribution in [0.3, 0.4) is 0 Å². The van der Waals surface area contributed by atoms with E-state index in [9.17, 15) is 14.4 Å². The van der Waals surface area contributed by atoms with Gasteiger partial charge in [0.15, 0.2) is 0 Å². The predicted octanol–water partition coefficient (Wildman–Crippen LogP) is -0.160. The number of aliphatic hydroxyl groups is 2. The number of hydrogen-bond donors (Lipinski definition) is 7. The summed E-state index contributed by atoms with van der Waals surface area (Å²) in [4.78, 5) is 28.1. The SMILES string of the molecule is C=CCOC(=O)O.O=C(O)CS.O=C(O)CS.OCCO. The lowest BCUT2D eigenvalue weighted by Gasteiger charge is -1.88. The molecule has 0 atom stereocenters. The van der Waals surface area contributed by atoms with Crippen molar-refractivity contribution in [2.75, 3.05) is 31.3 Å². The van der Waals surface area contributed by atoms with Gasteiger partial charge < -0.3 is 30.3 Å². The summed E-state index contributed by atoms with van der Waals surface area (Å²) in [5.41, 5.74) is 0. The molecule has 0 aromatic carbocycles. The number of carbonyl (C=O) groups is 3. The minimum Gasteiger partial charge on any atom is -0.481 e. The number of hydrogen-bond acceptors (Lipinski definition) is 8. The van der Waals surface area contributed by atoms with Crippen LogP contribution in [-0.4, -0.2) is 75.0 Å². The second-order valence-electron chi connectivity index (χ2n) is 2.42. The number of rotatable bonds is 5. The van der Waals surface area contributed by atoms with E-state index < -0.39 is 18.1 Å². The first-order valence-corrected chi connectivity index (χ1v) is 6.33. The topological polar surface area (TPSA) is 162 Å². The normalized spacial score (nSPS) is 7.43. The molecule has 0 fully saturated rings. The van der Waals surface area contributed by atoms with E-state index in [2.05, 4.69) is 36.6 Å². The summed E-state index contributed by atoms with van der Waals surface area (Å²) in [6.07, 6.45) is 0.105. The first-order chi connectivity index (χ1) is 9.72. The molecule has 0 aliphatic rings. The van der Waals surface area contributed by atoms with Crippen molar-refractivity contribution in [3.05, 3.63) is 12.7 Å². The average Bonchev–Trinajstić information content (AvgIpc) is 2.46. The Balaban J connectivity index is -0.0000000939. The Bertz CT molecular complexity index is 255. The van der Waals surface area contributed by atoms with Gasteiger partial charge in [0.05, 0.1) is 24.7 Å². The second kappa shape index (κ2) is 27.0. The quantitative estimate of drug-likeness (QED) is 0.203. The number of aliphatic hydroxyl groups excluding tert-OH is 2. The van der Waals surface area contributed by atoms with Crippen LogP contribution in [0.1, 0.15) is 0 Å². The monoisotopic (exact) mass is 348 g/mol. The summed E-state index contributed by atoms with van der Waals surface area (Å²) in [7, 11) is 0. The van der Waals surface area contributed by atoms with Gasteiger partial charge in [-0.2, -0.15) is 25.3 Å². The van der Waals surface area contributed by atoms with Gasteiger partial charge in [0.2, 0.25) is 0 Å². The zero-order valence-electron chi connectivity index (χ0n) is 11.1. The molecular weight excluding hydrogens is 328 g/mol. The van der Waals surface area contributed by atoms with Gasteiger partial charge in [-0.1, -0.05) is 12.7 Å². The fraction of sp³-hybridized carbons (Fsp3) is 0.500. The summed E-state index contributed by atoms with van der Waals surface area (Å²) >= 11 is 6.83. The summed E-state index contributed by atoms with van der Waals surface area (Å²) in [5.74, 6) is -1.93.